The Morgan fingerprint density at radius 1 is 1.39 bits per heavy atom. The second-order valence-electron chi connectivity index (χ2n) is 3.62. The van der Waals surface area contributed by atoms with Crippen molar-refractivity contribution in [2.45, 2.75) is 0 Å². The third-order valence-electron chi connectivity index (χ3n) is 2.44. The van der Waals surface area contributed by atoms with Crippen LogP contribution in [0.2, 0.25) is 0 Å². The minimum Gasteiger partial charge on any atom is -0.290 e. The van der Waals surface area contributed by atoms with Crippen molar-refractivity contribution in [1.82, 2.24) is 19.7 Å². The highest BCUT2D eigenvalue weighted by Crippen LogP contribution is 2.19. The quantitative estimate of drug-likeness (QED) is 0.748. The zero-order valence-corrected chi connectivity index (χ0v) is 10.5. The van der Waals surface area contributed by atoms with Gasteiger partial charge in [-0.2, -0.15) is 5.10 Å². The molecule has 0 bridgehead atoms. The predicted molar refractivity (Wildman–Crippen MR) is 67.1 cm³/mol. The molecule has 0 atom stereocenters. The topological polar surface area (TPSA) is 63.6 Å². The fourth-order valence-corrected chi connectivity index (χ4v) is 2.09. The lowest BCUT2D eigenvalue weighted by Crippen LogP contribution is -2.14. The molecule has 0 aliphatic carbocycles. The van der Waals surface area contributed by atoms with Crippen LogP contribution in [-0.4, -0.2) is 19.7 Å². The van der Waals surface area contributed by atoms with Gasteiger partial charge in [0.2, 0.25) is 5.95 Å². The number of hydrogen-bond donors (Lipinski definition) is 1. The van der Waals surface area contributed by atoms with Crippen molar-refractivity contribution >= 4 is 26.8 Å². The van der Waals surface area contributed by atoms with E-state index in [1.165, 1.54) is 16.8 Å². The molecular formula is C11H6BrFN4O. The zero-order valence-electron chi connectivity index (χ0n) is 8.89. The molecule has 5 nitrogen and oxygen atoms in total. The van der Waals surface area contributed by atoms with Gasteiger partial charge in [-0.25, -0.2) is 14.1 Å². The van der Waals surface area contributed by atoms with Crippen molar-refractivity contribution in [2.75, 3.05) is 0 Å². The summed E-state index contributed by atoms with van der Waals surface area (Å²) in [5, 5.41) is 4.13. The molecule has 0 saturated heterocycles. The van der Waals surface area contributed by atoms with E-state index in [1.54, 1.807) is 18.5 Å². The molecule has 0 saturated carbocycles. The van der Waals surface area contributed by atoms with Crippen molar-refractivity contribution in [3.8, 4) is 5.95 Å². The molecule has 0 aliphatic rings. The molecule has 0 fully saturated rings. The molecule has 90 valence electrons. The first-order valence-corrected chi connectivity index (χ1v) is 5.83. The number of benzene rings is 1. The Labute approximate surface area is 108 Å². The Kier molecular flexibility index (Phi) is 2.48. The molecule has 7 heteroatoms. The predicted octanol–water partition coefficient (Wildman–Crippen LogP) is 2.01. The normalized spacial score (nSPS) is 11.0. The van der Waals surface area contributed by atoms with Gasteiger partial charge < -0.3 is 0 Å². The Hall–Kier alpha value is -2.02. The van der Waals surface area contributed by atoms with E-state index in [0.29, 0.717) is 4.47 Å². The van der Waals surface area contributed by atoms with Crippen LogP contribution in [0.3, 0.4) is 0 Å². The number of aromatic nitrogens is 4. The van der Waals surface area contributed by atoms with Gasteiger partial charge in [0.15, 0.2) is 5.82 Å². The smallest absolute Gasteiger partial charge is 0.260 e. The van der Waals surface area contributed by atoms with Crippen molar-refractivity contribution < 1.29 is 4.39 Å². The molecule has 2 heterocycles. The first-order chi connectivity index (χ1) is 8.65. The molecule has 3 aromatic rings. The number of nitrogens with one attached hydrogen (secondary N) is 1. The number of aromatic amines is 1. The summed E-state index contributed by atoms with van der Waals surface area (Å²) in [5.41, 5.74) is -0.391. The third kappa shape index (κ3) is 1.72. The summed E-state index contributed by atoms with van der Waals surface area (Å²) < 4.78 is 15.6. The number of fused-ring (bicyclic) bond motifs is 1. The Bertz CT molecular complexity index is 782. The van der Waals surface area contributed by atoms with Crippen LogP contribution in [0.25, 0.3) is 16.9 Å². The second kappa shape index (κ2) is 4.02. The van der Waals surface area contributed by atoms with Crippen LogP contribution in [0.5, 0.6) is 0 Å². The van der Waals surface area contributed by atoms with E-state index in [4.69, 9.17) is 0 Å². The van der Waals surface area contributed by atoms with Crippen molar-refractivity contribution in [1.29, 1.82) is 0 Å². The van der Waals surface area contributed by atoms with Gasteiger partial charge >= 0.3 is 0 Å². The molecular weight excluding hydrogens is 303 g/mol. The van der Waals surface area contributed by atoms with Crippen molar-refractivity contribution in [3.05, 3.63) is 51.2 Å². The molecule has 1 aromatic carbocycles. The molecule has 0 aliphatic heterocycles. The minimum atomic E-state index is -0.557. The van der Waals surface area contributed by atoms with Crippen LogP contribution in [0.1, 0.15) is 0 Å². The Morgan fingerprint density at radius 2 is 2.22 bits per heavy atom. The van der Waals surface area contributed by atoms with E-state index < -0.39 is 11.4 Å². The van der Waals surface area contributed by atoms with Crippen LogP contribution in [-0.2, 0) is 0 Å². The third-order valence-corrected chi connectivity index (χ3v) is 2.90. The van der Waals surface area contributed by atoms with E-state index in [-0.39, 0.29) is 16.9 Å². The SMILES string of the molecule is O=c1[nH]c(-n2cccn2)nc2c(F)cc(Br)cc12. The number of nitrogens with zero attached hydrogens (tertiary/aromatic N) is 3. The summed E-state index contributed by atoms with van der Waals surface area (Å²) in [6.07, 6.45) is 3.16. The maximum absolute atomic E-state index is 13.8. The molecule has 0 radical (unpaired) electrons. The average Bonchev–Trinajstić information content (AvgIpc) is 2.83. The lowest BCUT2D eigenvalue weighted by Gasteiger charge is -2.03. The monoisotopic (exact) mass is 308 g/mol. The van der Waals surface area contributed by atoms with E-state index >= 15 is 0 Å². The number of H-pyrrole nitrogens is 1. The van der Waals surface area contributed by atoms with Gasteiger partial charge in [-0.05, 0) is 18.2 Å². The lowest BCUT2D eigenvalue weighted by atomic mass is 10.2. The maximum Gasteiger partial charge on any atom is 0.260 e. The zero-order chi connectivity index (χ0) is 12.7. The molecule has 0 spiro atoms. The first kappa shape index (κ1) is 11.1. The minimum absolute atomic E-state index is 0.0208. The van der Waals surface area contributed by atoms with E-state index in [1.807, 2.05) is 0 Å². The van der Waals surface area contributed by atoms with Crippen LogP contribution in [0.15, 0.2) is 39.9 Å². The van der Waals surface area contributed by atoms with Crippen LogP contribution in [0.4, 0.5) is 4.39 Å². The van der Waals surface area contributed by atoms with Gasteiger partial charge in [-0.3, -0.25) is 9.78 Å². The van der Waals surface area contributed by atoms with Gasteiger partial charge in [0.25, 0.3) is 5.56 Å². The first-order valence-electron chi connectivity index (χ1n) is 5.04. The highest BCUT2D eigenvalue weighted by Gasteiger charge is 2.10. The summed E-state index contributed by atoms with van der Waals surface area (Å²) in [6, 6.07) is 4.47. The summed E-state index contributed by atoms with van der Waals surface area (Å²) >= 11 is 3.14. The molecule has 3 rings (SSSR count). The molecule has 2 aromatic heterocycles. The van der Waals surface area contributed by atoms with Crippen LogP contribution >= 0.6 is 15.9 Å². The standard InChI is InChI=1S/C11H6BrFN4O/c12-6-4-7-9(8(13)5-6)15-11(16-10(7)18)17-3-1-2-14-17/h1-5H,(H,15,16,18). The van der Waals surface area contributed by atoms with E-state index in [0.717, 1.165) is 0 Å². The summed E-state index contributed by atoms with van der Waals surface area (Å²) in [6.45, 7) is 0. The summed E-state index contributed by atoms with van der Waals surface area (Å²) in [7, 11) is 0. The van der Waals surface area contributed by atoms with Gasteiger partial charge in [0, 0.05) is 16.9 Å². The van der Waals surface area contributed by atoms with E-state index in [2.05, 4.69) is 31.0 Å². The van der Waals surface area contributed by atoms with Gasteiger partial charge in [-0.1, -0.05) is 15.9 Å². The van der Waals surface area contributed by atoms with Crippen molar-refractivity contribution in [2.24, 2.45) is 0 Å². The average molecular weight is 309 g/mol. The highest BCUT2D eigenvalue weighted by atomic mass is 79.9. The van der Waals surface area contributed by atoms with E-state index in [9.17, 15) is 9.18 Å². The highest BCUT2D eigenvalue weighted by molar-refractivity contribution is 9.10. The van der Waals surface area contributed by atoms with Gasteiger partial charge in [-0.15, -0.1) is 0 Å². The van der Waals surface area contributed by atoms with Gasteiger partial charge in [0.1, 0.15) is 5.52 Å². The fourth-order valence-electron chi connectivity index (χ4n) is 1.66. The Morgan fingerprint density at radius 3 is 2.94 bits per heavy atom. The second-order valence-corrected chi connectivity index (χ2v) is 4.54. The summed E-state index contributed by atoms with van der Waals surface area (Å²) in [5.74, 6) is -0.377. The molecule has 18 heavy (non-hydrogen) atoms. The van der Waals surface area contributed by atoms with Gasteiger partial charge in [0.05, 0.1) is 5.39 Å². The number of hydrogen-bond acceptors (Lipinski definition) is 3. The van der Waals surface area contributed by atoms with Crippen molar-refractivity contribution in [3.63, 3.8) is 0 Å². The van der Waals surface area contributed by atoms with Crippen LogP contribution in [0, 0.1) is 5.82 Å². The fraction of sp³-hybridized carbons (Fsp3) is 0. The Balaban J connectivity index is 2.38. The molecule has 0 amide bonds. The lowest BCUT2D eigenvalue weighted by molar-refractivity contribution is 0.634. The molecule has 1 N–H and O–H groups in total. The largest absolute Gasteiger partial charge is 0.290 e. The number of rotatable bonds is 1. The summed E-state index contributed by atoms with van der Waals surface area (Å²) in [4.78, 5) is 18.5. The number of halogens is 2. The molecule has 0 unspecified atom stereocenters. The van der Waals surface area contributed by atoms with Crippen LogP contribution < -0.4 is 5.56 Å². The maximum atomic E-state index is 13.8.